The van der Waals surface area contributed by atoms with E-state index < -0.39 is 0 Å². The molecule has 3 rings (SSSR count). The van der Waals surface area contributed by atoms with Crippen LogP contribution in [0.4, 0.5) is 0 Å². The molecular weight excluding hydrogens is 278 g/mol. The number of aryl methyl sites for hydroxylation is 1. The number of aliphatic hydroxyl groups excluding tert-OH is 1. The highest BCUT2D eigenvalue weighted by Gasteiger charge is 2.30. The number of hydrogen-bond acceptors (Lipinski definition) is 3. The lowest BCUT2D eigenvalue weighted by atomic mass is 10.0. The first-order valence-corrected chi connectivity index (χ1v) is 7.61. The molecule has 1 aliphatic rings. The molecule has 0 fully saturated rings. The van der Waals surface area contributed by atoms with Gasteiger partial charge in [0.2, 0.25) is 5.91 Å². The molecule has 0 saturated heterocycles. The lowest BCUT2D eigenvalue weighted by molar-refractivity contribution is -0.136. The average molecular weight is 299 g/mol. The van der Waals surface area contributed by atoms with Crippen molar-refractivity contribution >= 4 is 5.91 Å². The van der Waals surface area contributed by atoms with Gasteiger partial charge in [0, 0.05) is 31.9 Å². The van der Waals surface area contributed by atoms with Crippen LogP contribution in [-0.2, 0) is 31.2 Å². The van der Waals surface area contributed by atoms with Gasteiger partial charge in [0.1, 0.15) is 5.82 Å². The topological polar surface area (TPSA) is 58.4 Å². The Bertz CT molecular complexity index is 640. The van der Waals surface area contributed by atoms with Crippen molar-refractivity contribution in [2.24, 2.45) is 13.0 Å². The van der Waals surface area contributed by atoms with Gasteiger partial charge >= 0.3 is 0 Å². The predicted octanol–water partition coefficient (Wildman–Crippen LogP) is 1.16. The van der Waals surface area contributed by atoms with E-state index in [1.54, 1.807) is 11.1 Å². The first-order chi connectivity index (χ1) is 10.7. The smallest absolute Gasteiger partial charge is 0.226 e. The summed E-state index contributed by atoms with van der Waals surface area (Å²) in [6.45, 7) is 0.754. The monoisotopic (exact) mass is 299 g/mol. The predicted molar refractivity (Wildman–Crippen MR) is 83.1 cm³/mol. The van der Waals surface area contributed by atoms with Crippen molar-refractivity contribution in [3.8, 4) is 0 Å². The van der Waals surface area contributed by atoms with E-state index in [-0.39, 0.29) is 18.4 Å². The number of carbonyl (C=O) groups excluding carboxylic acids is 1. The number of benzene rings is 1. The van der Waals surface area contributed by atoms with Crippen molar-refractivity contribution in [3.63, 3.8) is 0 Å². The molecular formula is C17H21N3O2. The Morgan fingerprint density at radius 1 is 1.36 bits per heavy atom. The van der Waals surface area contributed by atoms with Gasteiger partial charge in [-0.25, -0.2) is 4.98 Å². The summed E-state index contributed by atoms with van der Waals surface area (Å²) in [5, 5.41) is 9.28. The minimum absolute atomic E-state index is 0.0239. The summed E-state index contributed by atoms with van der Waals surface area (Å²) >= 11 is 0. The third kappa shape index (κ3) is 2.90. The van der Waals surface area contributed by atoms with Crippen molar-refractivity contribution in [2.75, 3.05) is 13.2 Å². The van der Waals surface area contributed by atoms with Crippen LogP contribution in [0.3, 0.4) is 0 Å². The van der Waals surface area contributed by atoms with E-state index in [0.717, 1.165) is 18.7 Å². The maximum absolute atomic E-state index is 12.8. The zero-order valence-electron chi connectivity index (χ0n) is 12.8. The molecule has 1 amide bonds. The van der Waals surface area contributed by atoms with E-state index in [4.69, 9.17) is 0 Å². The molecule has 1 aromatic heterocycles. The number of imidazole rings is 1. The minimum atomic E-state index is -0.0319. The van der Waals surface area contributed by atoms with Crippen LogP contribution in [0.5, 0.6) is 0 Å². The molecule has 0 aliphatic heterocycles. The molecule has 0 saturated carbocycles. The van der Waals surface area contributed by atoms with Crippen molar-refractivity contribution in [1.29, 1.82) is 0 Å². The van der Waals surface area contributed by atoms with Crippen molar-refractivity contribution < 1.29 is 9.90 Å². The largest absolute Gasteiger partial charge is 0.395 e. The van der Waals surface area contributed by atoms with E-state index in [1.165, 1.54) is 11.1 Å². The summed E-state index contributed by atoms with van der Waals surface area (Å²) in [7, 11) is 1.91. The van der Waals surface area contributed by atoms with E-state index in [1.807, 2.05) is 29.9 Å². The van der Waals surface area contributed by atoms with Crippen LogP contribution in [0.2, 0.25) is 0 Å². The fourth-order valence-electron chi connectivity index (χ4n) is 3.10. The van der Waals surface area contributed by atoms with Gasteiger partial charge in [-0.05, 0) is 24.0 Å². The van der Waals surface area contributed by atoms with Gasteiger partial charge in [-0.2, -0.15) is 0 Å². The summed E-state index contributed by atoms with van der Waals surface area (Å²) in [6.07, 6.45) is 5.17. The Labute approximate surface area is 130 Å². The lowest BCUT2D eigenvalue weighted by Crippen LogP contribution is -2.38. The molecule has 0 bridgehead atoms. The maximum Gasteiger partial charge on any atom is 0.226 e. The SMILES string of the molecule is Cn1ccnc1CN(CCO)C(=O)C1Cc2ccccc2C1. The normalized spacial score (nSPS) is 14.1. The molecule has 22 heavy (non-hydrogen) atoms. The fraction of sp³-hybridized carbons (Fsp3) is 0.412. The quantitative estimate of drug-likeness (QED) is 0.901. The number of hydrogen-bond donors (Lipinski definition) is 1. The van der Waals surface area contributed by atoms with Crippen LogP contribution >= 0.6 is 0 Å². The summed E-state index contributed by atoms with van der Waals surface area (Å²) < 4.78 is 1.90. The molecule has 1 aromatic carbocycles. The Morgan fingerprint density at radius 2 is 2.05 bits per heavy atom. The molecule has 1 aliphatic carbocycles. The molecule has 5 heteroatoms. The third-order valence-electron chi connectivity index (χ3n) is 4.34. The van der Waals surface area contributed by atoms with Gasteiger partial charge in [0.25, 0.3) is 0 Å². The number of nitrogens with zero attached hydrogens (tertiary/aromatic N) is 3. The van der Waals surface area contributed by atoms with E-state index >= 15 is 0 Å². The first kappa shape index (κ1) is 14.8. The average Bonchev–Trinajstić information content (AvgIpc) is 3.12. The number of fused-ring (bicyclic) bond motifs is 1. The van der Waals surface area contributed by atoms with Crippen LogP contribution in [-0.4, -0.2) is 38.6 Å². The van der Waals surface area contributed by atoms with Crippen molar-refractivity contribution in [3.05, 3.63) is 53.6 Å². The van der Waals surface area contributed by atoms with Gasteiger partial charge in [0.15, 0.2) is 0 Å². The Balaban J connectivity index is 1.72. The second-order valence-corrected chi connectivity index (χ2v) is 5.81. The summed E-state index contributed by atoms with van der Waals surface area (Å²) in [5.41, 5.74) is 2.53. The Kier molecular flexibility index (Phi) is 4.24. The summed E-state index contributed by atoms with van der Waals surface area (Å²) in [6, 6.07) is 8.23. The molecule has 0 atom stereocenters. The number of amides is 1. The lowest BCUT2D eigenvalue weighted by Gasteiger charge is -2.24. The van der Waals surface area contributed by atoms with Crippen LogP contribution in [0.25, 0.3) is 0 Å². The number of rotatable bonds is 5. The molecule has 1 N–H and O–H groups in total. The molecule has 0 radical (unpaired) electrons. The molecule has 5 nitrogen and oxygen atoms in total. The second kappa shape index (κ2) is 6.32. The molecule has 2 aromatic rings. The van der Waals surface area contributed by atoms with E-state index in [2.05, 4.69) is 17.1 Å². The van der Waals surface area contributed by atoms with Gasteiger partial charge in [-0.15, -0.1) is 0 Å². The number of aromatic nitrogens is 2. The summed E-state index contributed by atoms with van der Waals surface area (Å²) in [5.74, 6) is 0.912. The van der Waals surface area contributed by atoms with Crippen LogP contribution in [0.15, 0.2) is 36.7 Å². The summed E-state index contributed by atoms with van der Waals surface area (Å²) in [4.78, 5) is 18.8. The van der Waals surface area contributed by atoms with Crippen LogP contribution < -0.4 is 0 Å². The van der Waals surface area contributed by atoms with Crippen LogP contribution in [0, 0.1) is 5.92 Å². The molecule has 0 unspecified atom stereocenters. The van der Waals surface area contributed by atoms with E-state index in [0.29, 0.717) is 13.1 Å². The highest BCUT2D eigenvalue weighted by molar-refractivity contribution is 5.80. The highest BCUT2D eigenvalue weighted by atomic mass is 16.3. The molecule has 1 heterocycles. The Morgan fingerprint density at radius 3 is 2.59 bits per heavy atom. The highest BCUT2D eigenvalue weighted by Crippen LogP contribution is 2.28. The van der Waals surface area contributed by atoms with Crippen molar-refractivity contribution in [1.82, 2.24) is 14.5 Å². The van der Waals surface area contributed by atoms with Gasteiger partial charge in [-0.3, -0.25) is 4.79 Å². The molecule has 0 spiro atoms. The van der Waals surface area contributed by atoms with Gasteiger partial charge in [0.05, 0.1) is 13.2 Å². The second-order valence-electron chi connectivity index (χ2n) is 5.81. The Hall–Kier alpha value is -2.14. The maximum atomic E-state index is 12.8. The van der Waals surface area contributed by atoms with Gasteiger partial charge in [-0.1, -0.05) is 24.3 Å². The van der Waals surface area contributed by atoms with Gasteiger partial charge < -0.3 is 14.6 Å². The first-order valence-electron chi connectivity index (χ1n) is 7.61. The number of aliphatic hydroxyl groups is 1. The third-order valence-corrected chi connectivity index (χ3v) is 4.34. The number of carbonyl (C=O) groups is 1. The van der Waals surface area contributed by atoms with Crippen LogP contribution in [0.1, 0.15) is 17.0 Å². The fourth-order valence-corrected chi connectivity index (χ4v) is 3.10. The van der Waals surface area contributed by atoms with E-state index in [9.17, 15) is 9.90 Å². The zero-order valence-corrected chi connectivity index (χ0v) is 12.8. The molecule has 116 valence electrons. The minimum Gasteiger partial charge on any atom is -0.395 e. The van der Waals surface area contributed by atoms with Crippen molar-refractivity contribution in [2.45, 2.75) is 19.4 Å². The standard InChI is InChI=1S/C17H21N3O2/c1-19-7-6-18-16(19)12-20(8-9-21)17(22)15-10-13-4-2-3-5-14(13)11-15/h2-7,15,21H,8-12H2,1H3. The zero-order chi connectivity index (χ0) is 15.5.